The topological polar surface area (TPSA) is 52.7 Å². The van der Waals surface area contributed by atoms with Gasteiger partial charge in [-0.1, -0.05) is 30.3 Å². The smallest absolute Gasteiger partial charge is 0.240 e. The molecule has 5 heteroatoms. The zero-order valence-electron chi connectivity index (χ0n) is 14.7. The number of nitrogens with one attached hydrogen (secondary N) is 1. The highest BCUT2D eigenvalue weighted by Gasteiger charge is 2.44. The van der Waals surface area contributed by atoms with E-state index in [2.05, 4.69) is 10.2 Å². The Balaban J connectivity index is 1.62. The molecule has 1 aliphatic carbocycles. The Hall–Kier alpha value is -1.88. The molecule has 2 aliphatic heterocycles. The molecule has 3 aliphatic rings. The van der Waals surface area contributed by atoms with Crippen LogP contribution in [0.1, 0.15) is 43.7 Å². The van der Waals surface area contributed by atoms with Crippen LogP contribution >= 0.6 is 0 Å². The molecule has 0 spiro atoms. The number of likely N-dealkylation sites (tertiary alicyclic amines) is 1. The minimum absolute atomic E-state index is 0.0157. The lowest BCUT2D eigenvalue weighted by Crippen LogP contribution is -2.50. The van der Waals surface area contributed by atoms with Gasteiger partial charge in [-0.2, -0.15) is 0 Å². The molecule has 2 amide bonds. The van der Waals surface area contributed by atoms with E-state index in [4.69, 9.17) is 0 Å². The number of hydrogen-bond acceptors (Lipinski definition) is 3. The van der Waals surface area contributed by atoms with E-state index in [1.54, 1.807) is 0 Å². The van der Waals surface area contributed by atoms with Crippen LogP contribution in [0.3, 0.4) is 0 Å². The van der Waals surface area contributed by atoms with Crippen LogP contribution in [-0.4, -0.2) is 53.8 Å². The largest absolute Gasteiger partial charge is 0.354 e. The first-order valence-electron chi connectivity index (χ1n) is 9.60. The summed E-state index contributed by atoms with van der Waals surface area (Å²) < 4.78 is 0. The van der Waals surface area contributed by atoms with E-state index in [0.717, 1.165) is 31.5 Å². The number of carbonyl (C=O) groups excluding carboxylic acids is 2. The van der Waals surface area contributed by atoms with Crippen LogP contribution in [0, 0.1) is 5.92 Å². The number of benzene rings is 1. The fraction of sp³-hybridized carbons (Fsp3) is 0.600. The Kier molecular flexibility index (Phi) is 4.75. The third kappa shape index (κ3) is 3.56. The maximum Gasteiger partial charge on any atom is 0.240 e. The van der Waals surface area contributed by atoms with E-state index in [-0.39, 0.29) is 23.9 Å². The first-order chi connectivity index (χ1) is 12.2. The predicted octanol–water partition coefficient (Wildman–Crippen LogP) is 1.95. The molecule has 4 rings (SSSR count). The van der Waals surface area contributed by atoms with E-state index in [0.29, 0.717) is 25.4 Å². The number of hydrogen-bond donors (Lipinski definition) is 1. The van der Waals surface area contributed by atoms with Crippen LogP contribution in [0.4, 0.5) is 0 Å². The molecule has 25 heavy (non-hydrogen) atoms. The molecule has 0 bridgehead atoms. The van der Waals surface area contributed by atoms with E-state index in [9.17, 15) is 9.59 Å². The Morgan fingerprint density at radius 3 is 2.48 bits per heavy atom. The van der Waals surface area contributed by atoms with Gasteiger partial charge in [0.25, 0.3) is 0 Å². The van der Waals surface area contributed by atoms with Gasteiger partial charge in [-0.05, 0) is 50.3 Å². The Morgan fingerprint density at radius 2 is 1.80 bits per heavy atom. The Bertz CT molecular complexity index is 623. The highest BCUT2D eigenvalue weighted by Crippen LogP contribution is 2.39. The molecular formula is C20H27N3O2. The van der Waals surface area contributed by atoms with Crippen molar-refractivity contribution < 1.29 is 9.59 Å². The predicted molar refractivity (Wildman–Crippen MR) is 95.8 cm³/mol. The summed E-state index contributed by atoms with van der Waals surface area (Å²) in [4.78, 5) is 30.1. The van der Waals surface area contributed by atoms with Gasteiger partial charge in [0.05, 0.1) is 18.5 Å². The monoisotopic (exact) mass is 341 g/mol. The molecular weight excluding hydrogens is 314 g/mol. The van der Waals surface area contributed by atoms with Crippen molar-refractivity contribution >= 4 is 11.8 Å². The summed E-state index contributed by atoms with van der Waals surface area (Å²) in [5.41, 5.74) is 1.06. The fourth-order valence-electron chi connectivity index (χ4n) is 4.32. The second-order valence-corrected chi connectivity index (χ2v) is 7.54. The molecule has 2 unspecified atom stereocenters. The standard InChI is InChI=1S/C20H27N3O2/c24-18-14-17(15-6-2-1-3-7-15)23(13-10-21-18)20(25)19(16-8-9-16)22-11-4-5-12-22/h1-3,6-7,16-17,19H,4-5,8-14H2,(H,21,24). The number of nitrogens with zero attached hydrogens (tertiary/aromatic N) is 2. The lowest BCUT2D eigenvalue weighted by atomic mass is 10.00. The summed E-state index contributed by atoms with van der Waals surface area (Å²) in [6, 6.07) is 9.88. The van der Waals surface area contributed by atoms with Crippen molar-refractivity contribution in [3.8, 4) is 0 Å². The average molecular weight is 341 g/mol. The quantitative estimate of drug-likeness (QED) is 0.911. The van der Waals surface area contributed by atoms with Gasteiger partial charge in [-0.3, -0.25) is 14.5 Å². The highest BCUT2D eigenvalue weighted by atomic mass is 16.2. The number of amides is 2. The van der Waals surface area contributed by atoms with Crippen molar-refractivity contribution in [3.05, 3.63) is 35.9 Å². The summed E-state index contributed by atoms with van der Waals surface area (Å²) in [7, 11) is 0. The van der Waals surface area contributed by atoms with Crippen molar-refractivity contribution in [1.29, 1.82) is 0 Å². The van der Waals surface area contributed by atoms with Crippen molar-refractivity contribution in [1.82, 2.24) is 15.1 Å². The van der Waals surface area contributed by atoms with Crippen molar-refractivity contribution in [2.75, 3.05) is 26.2 Å². The lowest BCUT2D eigenvalue weighted by molar-refractivity contribution is -0.140. The first kappa shape index (κ1) is 16.6. The molecule has 3 fully saturated rings. The molecule has 2 saturated heterocycles. The molecule has 1 saturated carbocycles. The van der Waals surface area contributed by atoms with Gasteiger partial charge in [0.2, 0.25) is 11.8 Å². The summed E-state index contributed by atoms with van der Waals surface area (Å²) in [5, 5.41) is 2.94. The van der Waals surface area contributed by atoms with E-state index in [1.165, 1.54) is 12.8 Å². The second-order valence-electron chi connectivity index (χ2n) is 7.54. The van der Waals surface area contributed by atoms with Crippen LogP contribution in [-0.2, 0) is 9.59 Å². The summed E-state index contributed by atoms with van der Waals surface area (Å²) in [6.45, 7) is 3.22. The van der Waals surface area contributed by atoms with Crippen LogP contribution in [0.2, 0.25) is 0 Å². The molecule has 2 heterocycles. The minimum atomic E-state index is -0.153. The molecule has 134 valence electrons. The summed E-state index contributed by atoms with van der Waals surface area (Å²) in [5.74, 6) is 0.775. The molecule has 1 aromatic rings. The zero-order chi connectivity index (χ0) is 17.2. The summed E-state index contributed by atoms with van der Waals surface area (Å²) >= 11 is 0. The molecule has 2 atom stereocenters. The third-order valence-electron chi connectivity index (χ3n) is 5.75. The maximum absolute atomic E-state index is 13.6. The van der Waals surface area contributed by atoms with Gasteiger partial charge in [-0.15, -0.1) is 0 Å². The van der Waals surface area contributed by atoms with Crippen LogP contribution in [0.15, 0.2) is 30.3 Å². The lowest BCUT2D eigenvalue weighted by Gasteiger charge is -2.36. The maximum atomic E-state index is 13.6. The zero-order valence-corrected chi connectivity index (χ0v) is 14.7. The third-order valence-corrected chi connectivity index (χ3v) is 5.75. The molecule has 0 radical (unpaired) electrons. The van der Waals surface area contributed by atoms with Gasteiger partial charge < -0.3 is 10.2 Å². The molecule has 1 N–H and O–H groups in total. The van der Waals surface area contributed by atoms with Crippen LogP contribution in [0.25, 0.3) is 0 Å². The van der Waals surface area contributed by atoms with Crippen molar-refractivity contribution in [2.24, 2.45) is 5.92 Å². The number of carbonyl (C=O) groups is 2. The van der Waals surface area contributed by atoms with Gasteiger partial charge in [0, 0.05) is 13.1 Å². The Morgan fingerprint density at radius 1 is 1.08 bits per heavy atom. The minimum Gasteiger partial charge on any atom is -0.354 e. The van der Waals surface area contributed by atoms with Gasteiger partial charge in [0.15, 0.2) is 0 Å². The van der Waals surface area contributed by atoms with E-state index in [1.807, 2.05) is 35.2 Å². The SMILES string of the molecule is O=C1CC(c2ccccc2)N(C(=O)C(C2CC2)N2CCCC2)CCN1. The van der Waals surface area contributed by atoms with Crippen molar-refractivity contribution in [2.45, 2.75) is 44.2 Å². The first-order valence-corrected chi connectivity index (χ1v) is 9.60. The number of rotatable bonds is 4. The van der Waals surface area contributed by atoms with Crippen LogP contribution < -0.4 is 5.32 Å². The highest BCUT2D eigenvalue weighted by molar-refractivity contribution is 5.85. The normalized spacial score (nSPS) is 26.2. The molecule has 0 aromatic heterocycles. The summed E-state index contributed by atoms with van der Waals surface area (Å²) in [6.07, 6.45) is 5.06. The van der Waals surface area contributed by atoms with Gasteiger partial charge in [0.1, 0.15) is 0 Å². The Labute approximate surface area is 149 Å². The van der Waals surface area contributed by atoms with Crippen molar-refractivity contribution in [3.63, 3.8) is 0 Å². The molecule has 5 nitrogen and oxygen atoms in total. The van der Waals surface area contributed by atoms with E-state index >= 15 is 0 Å². The van der Waals surface area contributed by atoms with Gasteiger partial charge >= 0.3 is 0 Å². The van der Waals surface area contributed by atoms with Crippen LogP contribution in [0.5, 0.6) is 0 Å². The van der Waals surface area contributed by atoms with E-state index < -0.39 is 0 Å². The second kappa shape index (κ2) is 7.16. The molecule has 1 aromatic carbocycles. The average Bonchev–Trinajstić information content (AvgIpc) is 3.35. The van der Waals surface area contributed by atoms with Gasteiger partial charge in [-0.25, -0.2) is 0 Å². The fourth-order valence-corrected chi connectivity index (χ4v) is 4.32.